The minimum absolute atomic E-state index is 0.166. The lowest BCUT2D eigenvalue weighted by atomic mass is 10.2. The van der Waals surface area contributed by atoms with Crippen LogP contribution in [0.1, 0.15) is 6.42 Å². The molecule has 0 aromatic heterocycles. The first-order valence-electron chi connectivity index (χ1n) is 4.98. The van der Waals surface area contributed by atoms with Crippen LogP contribution in [0.3, 0.4) is 0 Å². The third-order valence-corrected chi connectivity index (χ3v) is 3.51. The zero-order valence-electron chi connectivity index (χ0n) is 8.90. The quantitative estimate of drug-likeness (QED) is 0.473. The molecule has 96 valence electrons. The maximum Gasteiger partial charge on any atom is 0.306 e. The first kappa shape index (κ1) is 13.2. The summed E-state index contributed by atoms with van der Waals surface area (Å²) in [5.74, 6) is -1.19. The van der Waals surface area contributed by atoms with Crippen molar-refractivity contribution < 1.29 is 14.1 Å². The number of carbonyl (C=O) groups is 1. The van der Waals surface area contributed by atoms with Crippen molar-refractivity contribution in [3.05, 3.63) is 32.5 Å². The maximum absolute atomic E-state index is 13.3. The molecular formula is C10H7BrClFN2O3. The summed E-state index contributed by atoms with van der Waals surface area (Å²) < 4.78 is 13.6. The van der Waals surface area contributed by atoms with Crippen LogP contribution in [0.25, 0.3) is 0 Å². The number of halogens is 3. The summed E-state index contributed by atoms with van der Waals surface area (Å²) in [5, 5.41) is 10.3. The molecule has 1 saturated heterocycles. The average Bonchev–Trinajstić information content (AvgIpc) is 2.57. The third kappa shape index (κ3) is 2.32. The topological polar surface area (TPSA) is 63.5 Å². The molecule has 1 aromatic rings. The molecular weight excluding hydrogens is 330 g/mol. The van der Waals surface area contributed by atoms with E-state index in [1.807, 2.05) is 0 Å². The lowest BCUT2D eigenvalue weighted by Crippen LogP contribution is -2.25. The van der Waals surface area contributed by atoms with Crippen LogP contribution >= 0.6 is 27.5 Å². The molecule has 1 amide bonds. The summed E-state index contributed by atoms with van der Waals surface area (Å²) >= 11 is 8.94. The van der Waals surface area contributed by atoms with Crippen LogP contribution in [0.5, 0.6) is 0 Å². The van der Waals surface area contributed by atoms with Gasteiger partial charge in [0.05, 0.1) is 16.0 Å². The molecule has 2 rings (SSSR count). The lowest BCUT2D eigenvalue weighted by molar-refractivity contribution is -0.387. The maximum atomic E-state index is 13.3. The number of carbonyl (C=O) groups excluding carboxylic acids is 1. The molecule has 0 saturated carbocycles. The minimum atomic E-state index is -0.954. The first-order valence-corrected chi connectivity index (χ1v) is 6.21. The van der Waals surface area contributed by atoms with E-state index in [1.54, 1.807) is 0 Å². The van der Waals surface area contributed by atoms with Crippen molar-refractivity contribution in [1.82, 2.24) is 0 Å². The van der Waals surface area contributed by atoms with Gasteiger partial charge < -0.3 is 4.90 Å². The number of rotatable bonds is 2. The van der Waals surface area contributed by atoms with E-state index in [0.29, 0.717) is 0 Å². The van der Waals surface area contributed by atoms with Gasteiger partial charge in [0.15, 0.2) is 0 Å². The normalized spacial score (nSPS) is 19.4. The molecule has 18 heavy (non-hydrogen) atoms. The Kier molecular flexibility index (Phi) is 3.54. The van der Waals surface area contributed by atoms with E-state index in [9.17, 15) is 19.3 Å². The monoisotopic (exact) mass is 336 g/mol. The number of anilines is 1. The predicted octanol–water partition coefficient (Wildman–Crippen LogP) is 2.84. The zero-order chi connectivity index (χ0) is 13.4. The Bertz CT molecular complexity index is 540. The van der Waals surface area contributed by atoms with Crippen molar-refractivity contribution >= 4 is 44.8 Å². The predicted molar refractivity (Wildman–Crippen MR) is 67.4 cm³/mol. The second-order valence-corrected chi connectivity index (χ2v) is 5.29. The van der Waals surface area contributed by atoms with Crippen LogP contribution < -0.4 is 4.90 Å². The summed E-state index contributed by atoms with van der Waals surface area (Å²) in [6, 6.07) is 2.01. The highest BCUT2D eigenvalue weighted by Gasteiger charge is 2.32. The SMILES string of the molecule is O=C1CC(Cl)CN1c1cc([N+](=O)[O-])c(F)cc1Br. The number of nitro benzene ring substituents is 1. The number of hydrogen-bond acceptors (Lipinski definition) is 3. The molecule has 1 aliphatic heterocycles. The van der Waals surface area contributed by atoms with Crippen LogP contribution in [-0.2, 0) is 4.79 Å². The fraction of sp³-hybridized carbons (Fsp3) is 0.300. The highest BCUT2D eigenvalue weighted by atomic mass is 79.9. The summed E-state index contributed by atoms with van der Waals surface area (Å²) in [6.45, 7) is 0.252. The molecule has 0 bridgehead atoms. The first-order chi connectivity index (χ1) is 8.40. The highest BCUT2D eigenvalue weighted by molar-refractivity contribution is 9.10. The van der Waals surface area contributed by atoms with Crippen molar-refractivity contribution in [3.8, 4) is 0 Å². The molecule has 1 aliphatic rings. The lowest BCUT2D eigenvalue weighted by Gasteiger charge is -2.17. The van der Waals surface area contributed by atoms with Crippen molar-refractivity contribution in [1.29, 1.82) is 0 Å². The molecule has 1 atom stereocenters. The van der Waals surface area contributed by atoms with E-state index in [4.69, 9.17) is 11.6 Å². The molecule has 1 unspecified atom stereocenters. The van der Waals surface area contributed by atoms with Crippen molar-refractivity contribution in [2.45, 2.75) is 11.8 Å². The van der Waals surface area contributed by atoms with Crippen molar-refractivity contribution in [2.24, 2.45) is 0 Å². The van der Waals surface area contributed by atoms with Crippen molar-refractivity contribution in [3.63, 3.8) is 0 Å². The number of nitrogens with zero attached hydrogens (tertiary/aromatic N) is 2. The highest BCUT2D eigenvalue weighted by Crippen LogP contribution is 2.35. The van der Waals surface area contributed by atoms with E-state index >= 15 is 0 Å². The van der Waals surface area contributed by atoms with Crippen molar-refractivity contribution in [2.75, 3.05) is 11.4 Å². The number of benzene rings is 1. The van der Waals surface area contributed by atoms with Gasteiger partial charge in [-0.05, 0) is 22.0 Å². The molecule has 1 aromatic carbocycles. The van der Waals surface area contributed by atoms with Gasteiger partial charge in [-0.1, -0.05) is 0 Å². The standard InChI is InChI=1S/C10H7BrClFN2O3/c11-6-2-7(13)9(15(17)18)3-8(6)14-4-5(12)1-10(14)16/h2-3,5H,1,4H2. The molecule has 0 spiro atoms. The van der Waals surface area contributed by atoms with E-state index < -0.39 is 16.4 Å². The Labute approximate surface area is 115 Å². The van der Waals surface area contributed by atoms with Gasteiger partial charge in [-0.3, -0.25) is 14.9 Å². The van der Waals surface area contributed by atoms with E-state index in [1.165, 1.54) is 4.90 Å². The molecule has 8 heteroatoms. The van der Waals surface area contributed by atoms with E-state index in [0.717, 1.165) is 12.1 Å². The Morgan fingerprint density at radius 3 is 2.72 bits per heavy atom. The van der Waals surface area contributed by atoms with Gasteiger partial charge in [-0.2, -0.15) is 4.39 Å². The average molecular weight is 338 g/mol. The van der Waals surface area contributed by atoms with E-state index in [-0.39, 0.29) is 34.4 Å². The van der Waals surface area contributed by atoms with Crippen LogP contribution in [-0.4, -0.2) is 22.8 Å². The third-order valence-electron chi connectivity index (χ3n) is 2.58. The number of nitro groups is 1. The molecule has 0 aliphatic carbocycles. The van der Waals surface area contributed by atoms with Crippen LogP contribution in [0.2, 0.25) is 0 Å². The molecule has 5 nitrogen and oxygen atoms in total. The van der Waals surface area contributed by atoms with Crippen LogP contribution in [0.4, 0.5) is 15.8 Å². The summed E-state index contributed by atoms with van der Waals surface area (Å²) in [4.78, 5) is 22.8. The number of amides is 1. The Hall–Kier alpha value is -1.21. The van der Waals surface area contributed by atoms with Gasteiger partial charge in [0.25, 0.3) is 0 Å². The molecule has 1 heterocycles. The number of alkyl halides is 1. The summed E-state index contributed by atoms with van der Waals surface area (Å²) in [6.07, 6.45) is 0.166. The molecule has 0 N–H and O–H groups in total. The Morgan fingerprint density at radius 2 is 2.22 bits per heavy atom. The summed E-state index contributed by atoms with van der Waals surface area (Å²) in [5.41, 5.74) is -0.407. The van der Waals surface area contributed by atoms with Crippen LogP contribution in [0, 0.1) is 15.9 Å². The van der Waals surface area contributed by atoms with E-state index in [2.05, 4.69) is 15.9 Å². The van der Waals surface area contributed by atoms with Gasteiger partial charge >= 0.3 is 5.69 Å². The smallest absolute Gasteiger partial charge is 0.306 e. The number of hydrogen-bond donors (Lipinski definition) is 0. The second kappa shape index (κ2) is 4.81. The Balaban J connectivity index is 2.48. The zero-order valence-corrected chi connectivity index (χ0v) is 11.2. The fourth-order valence-corrected chi connectivity index (χ4v) is 2.57. The minimum Gasteiger partial charge on any atom is -0.309 e. The summed E-state index contributed by atoms with van der Waals surface area (Å²) in [7, 11) is 0. The second-order valence-electron chi connectivity index (χ2n) is 3.82. The Morgan fingerprint density at radius 1 is 1.56 bits per heavy atom. The van der Waals surface area contributed by atoms with Gasteiger partial charge in [-0.15, -0.1) is 11.6 Å². The van der Waals surface area contributed by atoms with Crippen LogP contribution in [0.15, 0.2) is 16.6 Å². The molecule has 1 fully saturated rings. The van der Waals surface area contributed by atoms with Gasteiger partial charge in [0, 0.05) is 23.5 Å². The van der Waals surface area contributed by atoms with Gasteiger partial charge in [-0.25, -0.2) is 0 Å². The van der Waals surface area contributed by atoms with Gasteiger partial charge in [0.2, 0.25) is 11.7 Å². The largest absolute Gasteiger partial charge is 0.309 e. The van der Waals surface area contributed by atoms with Gasteiger partial charge in [0.1, 0.15) is 0 Å². The fourth-order valence-electron chi connectivity index (χ4n) is 1.77. The molecule has 0 radical (unpaired) electrons.